The number of aliphatic hydroxyl groups is 1. The van der Waals surface area contributed by atoms with Crippen LogP contribution in [0.1, 0.15) is 36.6 Å². The van der Waals surface area contributed by atoms with Gasteiger partial charge in [-0.3, -0.25) is 14.5 Å². The monoisotopic (exact) mass is 486 g/mol. The van der Waals surface area contributed by atoms with Gasteiger partial charge in [-0.1, -0.05) is 18.2 Å². The van der Waals surface area contributed by atoms with Crippen molar-refractivity contribution in [1.82, 2.24) is 0 Å². The first-order valence-corrected chi connectivity index (χ1v) is 11.4. The lowest BCUT2D eigenvalue weighted by atomic mass is 9.94. The third-order valence-corrected chi connectivity index (χ3v) is 5.74. The van der Waals surface area contributed by atoms with Gasteiger partial charge in [0, 0.05) is 17.3 Å². The SMILES string of the molecule is CCOc1ccc(/C(O)=C2\C(=O)C(=O)N(c3ccc(C#N)cc3)C2c2ccccc2F)c(OCC)c1. The first-order valence-electron chi connectivity index (χ1n) is 11.4. The second-order valence-electron chi connectivity index (χ2n) is 7.87. The molecule has 1 aliphatic heterocycles. The molecule has 182 valence electrons. The average molecular weight is 486 g/mol. The van der Waals surface area contributed by atoms with E-state index in [4.69, 9.17) is 14.7 Å². The number of carbonyl (C=O) groups is 2. The van der Waals surface area contributed by atoms with Crippen molar-refractivity contribution in [3.05, 3.63) is 94.8 Å². The van der Waals surface area contributed by atoms with Crippen molar-refractivity contribution in [2.75, 3.05) is 18.1 Å². The summed E-state index contributed by atoms with van der Waals surface area (Å²) in [5.74, 6) is -2.30. The van der Waals surface area contributed by atoms with Crippen LogP contribution in [0.25, 0.3) is 5.76 Å². The Labute approximate surface area is 207 Å². The maximum Gasteiger partial charge on any atom is 0.300 e. The Morgan fingerprint density at radius 2 is 1.72 bits per heavy atom. The highest BCUT2D eigenvalue weighted by molar-refractivity contribution is 6.51. The van der Waals surface area contributed by atoms with Gasteiger partial charge in [-0.05, 0) is 56.3 Å². The van der Waals surface area contributed by atoms with Gasteiger partial charge in [0.2, 0.25) is 0 Å². The molecule has 3 aromatic carbocycles. The highest BCUT2D eigenvalue weighted by atomic mass is 19.1. The van der Waals surface area contributed by atoms with Gasteiger partial charge in [0.1, 0.15) is 23.1 Å². The van der Waals surface area contributed by atoms with Gasteiger partial charge in [0.05, 0.1) is 42.0 Å². The van der Waals surface area contributed by atoms with Crippen LogP contribution >= 0.6 is 0 Å². The lowest BCUT2D eigenvalue weighted by Crippen LogP contribution is -2.29. The molecular formula is C28H23FN2O5. The zero-order chi connectivity index (χ0) is 25.8. The number of hydrogen-bond donors (Lipinski definition) is 1. The highest BCUT2D eigenvalue weighted by Gasteiger charge is 2.48. The summed E-state index contributed by atoms with van der Waals surface area (Å²) in [6, 6.07) is 17.2. The minimum absolute atomic E-state index is 0.0338. The molecule has 3 aromatic rings. The van der Waals surface area contributed by atoms with E-state index in [0.29, 0.717) is 17.9 Å². The first-order chi connectivity index (χ1) is 17.4. The molecule has 1 N–H and O–H groups in total. The number of benzene rings is 3. The number of hydrogen-bond acceptors (Lipinski definition) is 6. The standard InChI is InChI=1S/C28H23FN2O5/c1-3-35-19-13-14-21(23(15-19)36-4-2)26(32)24-25(20-7-5-6-8-22(20)29)31(28(34)27(24)33)18-11-9-17(16-30)10-12-18/h5-15,25,32H,3-4H2,1-2H3/b26-24+. The summed E-state index contributed by atoms with van der Waals surface area (Å²) in [5, 5.41) is 20.5. The van der Waals surface area contributed by atoms with Gasteiger partial charge in [0.25, 0.3) is 11.7 Å². The lowest BCUT2D eigenvalue weighted by molar-refractivity contribution is -0.132. The zero-order valence-electron chi connectivity index (χ0n) is 19.7. The maximum atomic E-state index is 15.0. The summed E-state index contributed by atoms with van der Waals surface area (Å²) < 4.78 is 26.2. The summed E-state index contributed by atoms with van der Waals surface area (Å²) in [7, 11) is 0. The van der Waals surface area contributed by atoms with E-state index in [9.17, 15) is 14.7 Å². The van der Waals surface area contributed by atoms with Crippen LogP contribution in [0, 0.1) is 17.1 Å². The molecule has 1 heterocycles. The molecule has 7 nitrogen and oxygen atoms in total. The molecule has 8 heteroatoms. The number of ether oxygens (including phenoxy) is 2. The highest BCUT2D eigenvalue weighted by Crippen LogP contribution is 2.44. The molecule has 0 radical (unpaired) electrons. The Hall–Kier alpha value is -4.64. The Bertz CT molecular complexity index is 1390. The topological polar surface area (TPSA) is 99.9 Å². The smallest absolute Gasteiger partial charge is 0.300 e. The molecule has 0 spiro atoms. The van der Waals surface area contributed by atoms with Gasteiger partial charge in [-0.25, -0.2) is 4.39 Å². The van der Waals surface area contributed by atoms with Crippen LogP contribution in [0.5, 0.6) is 11.5 Å². The van der Waals surface area contributed by atoms with Crippen LogP contribution in [0.3, 0.4) is 0 Å². The largest absolute Gasteiger partial charge is 0.507 e. The first kappa shape index (κ1) is 24.5. The molecule has 1 aliphatic rings. The Kier molecular flexibility index (Phi) is 7.02. The fraction of sp³-hybridized carbons (Fsp3) is 0.179. The maximum absolute atomic E-state index is 15.0. The molecule has 1 unspecified atom stereocenters. The number of halogens is 1. The van der Waals surface area contributed by atoms with E-state index in [2.05, 4.69) is 0 Å². The number of amides is 1. The number of nitrogens with zero attached hydrogens (tertiary/aromatic N) is 2. The Morgan fingerprint density at radius 3 is 2.36 bits per heavy atom. The second kappa shape index (κ2) is 10.3. The molecule has 36 heavy (non-hydrogen) atoms. The van der Waals surface area contributed by atoms with Crippen molar-refractivity contribution in [2.24, 2.45) is 0 Å². The van der Waals surface area contributed by atoms with Crippen LogP contribution in [0.15, 0.2) is 72.3 Å². The van der Waals surface area contributed by atoms with Crippen molar-refractivity contribution >= 4 is 23.1 Å². The van der Waals surface area contributed by atoms with E-state index < -0.39 is 29.3 Å². The summed E-state index contributed by atoms with van der Waals surface area (Å²) in [5.41, 5.74) is 0.555. The predicted octanol–water partition coefficient (Wildman–Crippen LogP) is 5.12. The Morgan fingerprint density at radius 1 is 1.03 bits per heavy atom. The molecule has 0 aliphatic carbocycles. The van der Waals surface area contributed by atoms with E-state index in [1.807, 2.05) is 13.0 Å². The van der Waals surface area contributed by atoms with Crippen molar-refractivity contribution in [2.45, 2.75) is 19.9 Å². The number of nitriles is 1. The molecule has 1 fully saturated rings. The number of aliphatic hydroxyl groups excluding tert-OH is 1. The third-order valence-electron chi connectivity index (χ3n) is 5.74. The summed E-state index contributed by atoms with van der Waals surface area (Å²) >= 11 is 0. The van der Waals surface area contributed by atoms with Gasteiger partial charge >= 0.3 is 0 Å². The van der Waals surface area contributed by atoms with E-state index in [0.717, 1.165) is 4.90 Å². The molecule has 4 rings (SSSR count). The van der Waals surface area contributed by atoms with Crippen molar-refractivity contribution < 1.29 is 28.6 Å². The zero-order valence-corrected chi connectivity index (χ0v) is 19.7. The van der Waals surface area contributed by atoms with Crippen molar-refractivity contribution in [3.8, 4) is 17.6 Å². The number of Topliss-reactive ketones (excluding diaryl/α,β-unsaturated/α-hetero) is 1. The third kappa shape index (κ3) is 4.39. The number of carbonyl (C=O) groups excluding carboxylic acids is 2. The fourth-order valence-corrected chi connectivity index (χ4v) is 4.16. The average Bonchev–Trinajstić information content (AvgIpc) is 3.14. The van der Waals surface area contributed by atoms with Crippen LogP contribution in [0.2, 0.25) is 0 Å². The predicted molar refractivity (Wildman–Crippen MR) is 131 cm³/mol. The van der Waals surface area contributed by atoms with E-state index in [-0.39, 0.29) is 34.7 Å². The molecule has 0 bridgehead atoms. The van der Waals surface area contributed by atoms with Gasteiger partial charge < -0.3 is 14.6 Å². The van der Waals surface area contributed by atoms with Crippen LogP contribution in [0.4, 0.5) is 10.1 Å². The van der Waals surface area contributed by atoms with E-state index in [1.54, 1.807) is 25.1 Å². The van der Waals surface area contributed by atoms with Gasteiger partial charge in [-0.2, -0.15) is 5.26 Å². The minimum atomic E-state index is -1.25. The Balaban J connectivity index is 1.95. The quantitative estimate of drug-likeness (QED) is 0.283. The molecule has 0 saturated carbocycles. The van der Waals surface area contributed by atoms with Gasteiger partial charge in [-0.15, -0.1) is 0 Å². The van der Waals surface area contributed by atoms with Gasteiger partial charge in [0.15, 0.2) is 0 Å². The normalized spacial score (nSPS) is 16.6. The molecule has 1 atom stereocenters. The summed E-state index contributed by atoms with van der Waals surface area (Å²) in [6.45, 7) is 4.28. The molecule has 1 saturated heterocycles. The fourth-order valence-electron chi connectivity index (χ4n) is 4.16. The second-order valence-corrected chi connectivity index (χ2v) is 7.87. The van der Waals surface area contributed by atoms with E-state index >= 15 is 4.39 Å². The van der Waals surface area contributed by atoms with Crippen molar-refractivity contribution in [3.63, 3.8) is 0 Å². The minimum Gasteiger partial charge on any atom is -0.507 e. The van der Waals surface area contributed by atoms with Crippen molar-refractivity contribution in [1.29, 1.82) is 5.26 Å². The summed E-state index contributed by atoms with van der Waals surface area (Å²) in [6.07, 6.45) is 0. The summed E-state index contributed by atoms with van der Waals surface area (Å²) in [4.78, 5) is 27.7. The lowest BCUT2D eigenvalue weighted by Gasteiger charge is -2.26. The molecule has 0 aromatic heterocycles. The van der Waals surface area contributed by atoms with Crippen LogP contribution in [-0.4, -0.2) is 30.0 Å². The number of anilines is 1. The van der Waals surface area contributed by atoms with Crippen LogP contribution < -0.4 is 14.4 Å². The number of rotatable bonds is 7. The molecule has 1 amide bonds. The van der Waals surface area contributed by atoms with Crippen LogP contribution in [-0.2, 0) is 9.59 Å². The number of ketones is 1. The molecular weight excluding hydrogens is 463 g/mol. The van der Waals surface area contributed by atoms with E-state index in [1.165, 1.54) is 48.5 Å².